The van der Waals surface area contributed by atoms with Gasteiger partial charge >= 0.3 is 5.97 Å². The molecule has 9 heavy (non-hydrogen) atoms. The van der Waals surface area contributed by atoms with Gasteiger partial charge in [0.25, 0.3) is 0 Å². The van der Waals surface area contributed by atoms with Crippen molar-refractivity contribution in [1.29, 1.82) is 0 Å². The maximum Gasteiger partial charge on any atom is 0.331 e. The van der Waals surface area contributed by atoms with E-state index in [1.54, 1.807) is 0 Å². The Labute approximate surface area is 52.2 Å². The zero-order valence-electron chi connectivity index (χ0n) is 4.70. The molecule has 1 N–H and O–H groups in total. The molecule has 0 atom stereocenters. The molecule has 48 valence electrons. The largest absolute Gasteiger partial charge is 0.515 e. The highest BCUT2D eigenvalue weighted by atomic mass is 16.5. The summed E-state index contributed by atoms with van der Waals surface area (Å²) in [5, 5.41) is 8.37. The fourth-order valence-corrected chi connectivity index (χ4v) is 0.506. The number of carbonyl (C=O) groups excluding carboxylic acids is 1. The summed E-state index contributed by atoms with van der Waals surface area (Å²) in [6.07, 6.45) is 3.71. The summed E-state index contributed by atoms with van der Waals surface area (Å²) in [6, 6.07) is 0. The standard InChI is InChI=1S/C6H6O3/c7-3-5-1-2-6(8)9-4-5/h1-3,7H,4H2. The number of hydrogen-bond acceptors (Lipinski definition) is 3. The summed E-state index contributed by atoms with van der Waals surface area (Å²) in [5.74, 6) is -0.361. The van der Waals surface area contributed by atoms with Crippen molar-refractivity contribution in [2.24, 2.45) is 0 Å². The monoisotopic (exact) mass is 126 g/mol. The molecule has 0 aliphatic carbocycles. The van der Waals surface area contributed by atoms with Crippen molar-refractivity contribution in [1.82, 2.24) is 0 Å². The molecular weight excluding hydrogens is 120 g/mol. The van der Waals surface area contributed by atoms with Crippen LogP contribution in [0.15, 0.2) is 24.0 Å². The number of aliphatic hydroxyl groups is 1. The quantitative estimate of drug-likeness (QED) is 0.380. The van der Waals surface area contributed by atoms with Crippen LogP contribution in [0, 0.1) is 0 Å². The third-order valence-electron chi connectivity index (χ3n) is 0.980. The Morgan fingerprint density at radius 2 is 2.44 bits per heavy atom. The Hall–Kier alpha value is -1.25. The summed E-state index contributed by atoms with van der Waals surface area (Å²) in [5.41, 5.74) is 0.606. The molecule has 0 aromatic heterocycles. The topological polar surface area (TPSA) is 46.5 Å². The van der Waals surface area contributed by atoms with E-state index in [-0.39, 0.29) is 12.6 Å². The van der Waals surface area contributed by atoms with E-state index in [1.807, 2.05) is 0 Å². The fraction of sp³-hybridized carbons (Fsp3) is 0.167. The Balaban J connectivity index is 2.69. The van der Waals surface area contributed by atoms with E-state index in [2.05, 4.69) is 4.74 Å². The minimum absolute atomic E-state index is 0.172. The van der Waals surface area contributed by atoms with Crippen LogP contribution in [0.5, 0.6) is 0 Å². The van der Waals surface area contributed by atoms with Gasteiger partial charge in [-0.1, -0.05) is 0 Å². The molecule has 0 saturated carbocycles. The molecule has 0 bridgehead atoms. The van der Waals surface area contributed by atoms with Gasteiger partial charge in [0.2, 0.25) is 0 Å². The van der Waals surface area contributed by atoms with Crippen LogP contribution in [0.3, 0.4) is 0 Å². The minimum atomic E-state index is -0.361. The van der Waals surface area contributed by atoms with Crippen molar-refractivity contribution in [2.45, 2.75) is 0 Å². The number of ether oxygens (including phenoxy) is 1. The van der Waals surface area contributed by atoms with Crippen LogP contribution < -0.4 is 0 Å². The van der Waals surface area contributed by atoms with Crippen molar-refractivity contribution in [3.8, 4) is 0 Å². The highest BCUT2D eigenvalue weighted by molar-refractivity contribution is 5.83. The average Bonchev–Trinajstić information content (AvgIpc) is 1.90. The van der Waals surface area contributed by atoms with Gasteiger partial charge < -0.3 is 9.84 Å². The first-order chi connectivity index (χ1) is 4.33. The molecule has 3 heteroatoms. The molecule has 3 nitrogen and oxygen atoms in total. The first kappa shape index (κ1) is 5.88. The highest BCUT2D eigenvalue weighted by Gasteiger charge is 2.04. The van der Waals surface area contributed by atoms with E-state index < -0.39 is 0 Å². The smallest absolute Gasteiger partial charge is 0.331 e. The highest BCUT2D eigenvalue weighted by Crippen LogP contribution is 2.02. The molecule has 0 unspecified atom stereocenters. The second-order valence-electron chi connectivity index (χ2n) is 1.65. The van der Waals surface area contributed by atoms with Crippen LogP contribution in [-0.2, 0) is 9.53 Å². The van der Waals surface area contributed by atoms with Crippen LogP contribution >= 0.6 is 0 Å². The van der Waals surface area contributed by atoms with E-state index in [4.69, 9.17) is 5.11 Å². The minimum Gasteiger partial charge on any atom is -0.515 e. The third kappa shape index (κ3) is 1.32. The van der Waals surface area contributed by atoms with Crippen LogP contribution in [0.4, 0.5) is 0 Å². The summed E-state index contributed by atoms with van der Waals surface area (Å²) in [7, 11) is 0. The number of rotatable bonds is 0. The lowest BCUT2D eigenvalue weighted by Gasteiger charge is -2.05. The third-order valence-corrected chi connectivity index (χ3v) is 0.980. The van der Waals surface area contributed by atoms with Gasteiger partial charge in [-0.15, -0.1) is 0 Å². The van der Waals surface area contributed by atoms with Crippen molar-refractivity contribution >= 4 is 5.97 Å². The van der Waals surface area contributed by atoms with Gasteiger partial charge in [0.05, 0.1) is 6.26 Å². The first-order valence-corrected chi connectivity index (χ1v) is 2.51. The molecule has 1 heterocycles. The molecule has 1 rings (SSSR count). The molecular formula is C6H6O3. The van der Waals surface area contributed by atoms with Crippen molar-refractivity contribution < 1.29 is 14.6 Å². The van der Waals surface area contributed by atoms with Gasteiger partial charge in [-0.3, -0.25) is 0 Å². The van der Waals surface area contributed by atoms with Gasteiger partial charge in [0, 0.05) is 11.6 Å². The number of aliphatic hydroxyl groups excluding tert-OH is 1. The van der Waals surface area contributed by atoms with Crippen LogP contribution in [0.25, 0.3) is 0 Å². The molecule has 1 aliphatic rings. The van der Waals surface area contributed by atoms with Gasteiger partial charge in [-0.25, -0.2) is 4.79 Å². The summed E-state index contributed by atoms with van der Waals surface area (Å²) in [4.78, 5) is 10.3. The number of carbonyl (C=O) groups is 1. The molecule has 0 amide bonds. The zero-order valence-corrected chi connectivity index (χ0v) is 4.70. The van der Waals surface area contributed by atoms with E-state index >= 15 is 0 Å². The Bertz CT molecular complexity index is 179. The maximum atomic E-state index is 10.3. The second kappa shape index (κ2) is 2.35. The molecule has 0 saturated heterocycles. The molecule has 1 aliphatic heterocycles. The molecule has 0 spiro atoms. The zero-order chi connectivity index (χ0) is 6.69. The normalized spacial score (nSPS) is 22.2. The Morgan fingerprint density at radius 3 is 2.89 bits per heavy atom. The van der Waals surface area contributed by atoms with E-state index in [1.165, 1.54) is 12.2 Å². The summed E-state index contributed by atoms with van der Waals surface area (Å²) < 4.78 is 4.53. The van der Waals surface area contributed by atoms with Gasteiger partial charge in [-0.05, 0) is 6.08 Å². The summed E-state index contributed by atoms with van der Waals surface area (Å²) in [6.45, 7) is 0.172. The van der Waals surface area contributed by atoms with Crippen LogP contribution in [0.2, 0.25) is 0 Å². The number of hydrogen-bond donors (Lipinski definition) is 1. The molecule has 0 fully saturated rings. The first-order valence-electron chi connectivity index (χ1n) is 2.51. The van der Waals surface area contributed by atoms with E-state index in [0.29, 0.717) is 5.57 Å². The maximum absolute atomic E-state index is 10.3. The SMILES string of the molecule is O=C1C=CC(=CO)CO1. The van der Waals surface area contributed by atoms with Gasteiger partial charge in [0.15, 0.2) is 0 Å². The lowest BCUT2D eigenvalue weighted by atomic mass is 10.2. The van der Waals surface area contributed by atoms with Crippen LogP contribution in [-0.4, -0.2) is 17.7 Å². The molecule has 0 aromatic rings. The Morgan fingerprint density at radius 1 is 1.67 bits per heavy atom. The second-order valence-corrected chi connectivity index (χ2v) is 1.65. The van der Waals surface area contributed by atoms with Gasteiger partial charge in [0.1, 0.15) is 6.61 Å². The summed E-state index contributed by atoms with van der Waals surface area (Å²) >= 11 is 0. The predicted molar refractivity (Wildman–Crippen MR) is 30.8 cm³/mol. The average molecular weight is 126 g/mol. The van der Waals surface area contributed by atoms with E-state index in [9.17, 15) is 4.79 Å². The van der Waals surface area contributed by atoms with E-state index in [0.717, 1.165) is 6.26 Å². The van der Waals surface area contributed by atoms with Crippen molar-refractivity contribution in [3.63, 3.8) is 0 Å². The lowest BCUT2D eigenvalue weighted by molar-refractivity contribution is -0.137. The van der Waals surface area contributed by atoms with Crippen LogP contribution in [0.1, 0.15) is 0 Å². The Kier molecular flexibility index (Phi) is 1.53. The van der Waals surface area contributed by atoms with Gasteiger partial charge in [-0.2, -0.15) is 0 Å². The fourth-order valence-electron chi connectivity index (χ4n) is 0.506. The number of cyclic esters (lactones) is 1. The number of esters is 1. The molecule has 0 aromatic carbocycles. The predicted octanol–water partition coefficient (Wildman–Crippen LogP) is 0.541. The van der Waals surface area contributed by atoms with Crippen molar-refractivity contribution in [3.05, 3.63) is 24.0 Å². The lowest BCUT2D eigenvalue weighted by Crippen LogP contribution is -2.08. The van der Waals surface area contributed by atoms with Crippen molar-refractivity contribution in [2.75, 3.05) is 6.61 Å². The molecule has 0 radical (unpaired) electrons.